The van der Waals surface area contributed by atoms with Gasteiger partial charge in [0.25, 0.3) is 0 Å². The SMILES string of the molecule is COc1ccc(CCC(=O)N2CCNCC2)cc1[N+](=O)[O-]. The number of aryl methyl sites for hydroxylation is 1. The summed E-state index contributed by atoms with van der Waals surface area (Å²) in [4.78, 5) is 24.4. The van der Waals surface area contributed by atoms with E-state index < -0.39 is 4.92 Å². The van der Waals surface area contributed by atoms with Gasteiger partial charge in [-0.15, -0.1) is 0 Å². The van der Waals surface area contributed by atoms with Crippen LogP contribution in [0.4, 0.5) is 5.69 Å². The van der Waals surface area contributed by atoms with Gasteiger partial charge in [-0.2, -0.15) is 0 Å². The van der Waals surface area contributed by atoms with E-state index in [4.69, 9.17) is 4.74 Å². The van der Waals surface area contributed by atoms with Crippen LogP contribution < -0.4 is 10.1 Å². The summed E-state index contributed by atoms with van der Waals surface area (Å²) in [6.07, 6.45) is 0.858. The molecule has 0 bridgehead atoms. The minimum atomic E-state index is -0.472. The molecule has 7 heteroatoms. The number of carbonyl (C=O) groups excluding carboxylic acids is 1. The van der Waals surface area contributed by atoms with E-state index in [0.29, 0.717) is 12.8 Å². The fourth-order valence-electron chi connectivity index (χ4n) is 2.36. The standard InChI is InChI=1S/C14H19N3O4/c1-21-13-4-2-11(10-12(13)17(19)20)3-5-14(18)16-8-6-15-7-9-16/h2,4,10,15H,3,5-9H2,1H3. The molecule has 7 nitrogen and oxygen atoms in total. The van der Waals surface area contributed by atoms with Gasteiger partial charge in [-0.3, -0.25) is 14.9 Å². The zero-order valence-corrected chi connectivity index (χ0v) is 12.0. The molecular formula is C14H19N3O4. The van der Waals surface area contributed by atoms with Crippen molar-refractivity contribution in [3.8, 4) is 5.75 Å². The first-order valence-corrected chi connectivity index (χ1v) is 6.91. The van der Waals surface area contributed by atoms with Crippen LogP contribution in [0.2, 0.25) is 0 Å². The van der Waals surface area contributed by atoms with Crippen LogP contribution in [-0.2, 0) is 11.2 Å². The van der Waals surface area contributed by atoms with E-state index in [9.17, 15) is 14.9 Å². The number of nitro benzene ring substituents is 1. The number of rotatable bonds is 5. The Kier molecular flexibility index (Phi) is 5.10. The molecule has 21 heavy (non-hydrogen) atoms. The third-order valence-corrected chi connectivity index (χ3v) is 3.54. The van der Waals surface area contributed by atoms with Crippen LogP contribution in [0.1, 0.15) is 12.0 Å². The number of nitro groups is 1. The fraction of sp³-hybridized carbons (Fsp3) is 0.500. The van der Waals surface area contributed by atoms with Crippen LogP contribution in [0.5, 0.6) is 5.75 Å². The molecule has 0 atom stereocenters. The summed E-state index contributed by atoms with van der Waals surface area (Å²) in [6, 6.07) is 4.81. The van der Waals surface area contributed by atoms with Gasteiger partial charge in [0.1, 0.15) is 0 Å². The van der Waals surface area contributed by atoms with Crippen molar-refractivity contribution in [3.63, 3.8) is 0 Å². The van der Waals surface area contributed by atoms with Crippen LogP contribution in [0.3, 0.4) is 0 Å². The predicted octanol–water partition coefficient (Wildman–Crippen LogP) is 0.968. The second kappa shape index (κ2) is 7.03. The smallest absolute Gasteiger partial charge is 0.311 e. The number of benzene rings is 1. The predicted molar refractivity (Wildman–Crippen MR) is 77.4 cm³/mol. The minimum Gasteiger partial charge on any atom is -0.490 e. The lowest BCUT2D eigenvalue weighted by Gasteiger charge is -2.27. The zero-order chi connectivity index (χ0) is 15.2. The molecule has 1 aromatic carbocycles. The Morgan fingerprint density at radius 2 is 2.14 bits per heavy atom. The molecule has 2 rings (SSSR count). The molecule has 1 aliphatic heterocycles. The molecule has 0 saturated carbocycles. The van der Waals surface area contributed by atoms with Gasteiger partial charge >= 0.3 is 5.69 Å². The highest BCUT2D eigenvalue weighted by Crippen LogP contribution is 2.27. The summed E-state index contributed by atoms with van der Waals surface area (Å²) in [6.45, 7) is 3.09. The maximum absolute atomic E-state index is 12.1. The Bertz CT molecular complexity index is 527. The summed E-state index contributed by atoms with van der Waals surface area (Å²) in [5.74, 6) is 0.326. The quantitative estimate of drug-likeness (QED) is 0.646. The van der Waals surface area contributed by atoms with Crippen molar-refractivity contribution >= 4 is 11.6 Å². The third-order valence-electron chi connectivity index (χ3n) is 3.54. The molecule has 1 aliphatic rings. The Morgan fingerprint density at radius 1 is 1.43 bits per heavy atom. The molecule has 1 fully saturated rings. The normalized spacial score (nSPS) is 14.8. The monoisotopic (exact) mass is 293 g/mol. The largest absolute Gasteiger partial charge is 0.490 e. The number of nitrogens with zero attached hydrogens (tertiary/aromatic N) is 2. The van der Waals surface area contributed by atoms with Gasteiger partial charge < -0.3 is 15.0 Å². The van der Waals surface area contributed by atoms with Crippen LogP contribution >= 0.6 is 0 Å². The summed E-state index contributed by atoms with van der Waals surface area (Å²) in [7, 11) is 1.40. The highest BCUT2D eigenvalue weighted by molar-refractivity contribution is 5.76. The van der Waals surface area contributed by atoms with Crippen molar-refractivity contribution in [2.75, 3.05) is 33.3 Å². The number of carbonyl (C=O) groups is 1. The summed E-state index contributed by atoms with van der Waals surface area (Å²) in [5, 5.41) is 14.2. The van der Waals surface area contributed by atoms with Gasteiger partial charge in [0.2, 0.25) is 5.91 Å². The van der Waals surface area contributed by atoms with E-state index >= 15 is 0 Å². The molecule has 114 valence electrons. The molecule has 0 aliphatic carbocycles. The van der Waals surface area contributed by atoms with Crippen LogP contribution in [0.15, 0.2) is 18.2 Å². The Morgan fingerprint density at radius 3 is 2.76 bits per heavy atom. The number of nitrogens with one attached hydrogen (secondary N) is 1. The lowest BCUT2D eigenvalue weighted by molar-refractivity contribution is -0.385. The van der Waals surface area contributed by atoms with E-state index in [1.807, 2.05) is 4.90 Å². The van der Waals surface area contributed by atoms with Crippen molar-refractivity contribution < 1.29 is 14.5 Å². The Hall–Kier alpha value is -2.15. The molecule has 1 aromatic rings. The highest BCUT2D eigenvalue weighted by Gasteiger charge is 2.18. The van der Waals surface area contributed by atoms with Gasteiger partial charge in [0.05, 0.1) is 12.0 Å². The number of hydrogen-bond donors (Lipinski definition) is 1. The molecule has 0 radical (unpaired) electrons. The maximum atomic E-state index is 12.1. The summed E-state index contributed by atoms with van der Waals surface area (Å²) >= 11 is 0. The molecule has 0 aromatic heterocycles. The second-order valence-corrected chi connectivity index (χ2v) is 4.89. The van der Waals surface area contributed by atoms with Gasteiger partial charge in [-0.1, -0.05) is 6.07 Å². The van der Waals surface area contributed by atoms with E-state index in [2.05, 4.69) is 5.32 Å². The third kappa shape index (κ3) is 3.91. The molecule has 1 amide bonds. The van der Waals surface area contributed by atoms with E-state index in [0.717, 1.165) is 31.7 Å². The number of methoxy groups -OCH3 is 1. The number of amides is 1. The van der Waals surface area contributed by atoms with Crippen LogP contribution in [0, 0.1) is 10.1 Å². The molecule has 0 unspecified atom stereocenters. The van der Waals surface area contributed by atoms with Crippen molar-refractivity contribution in [2.24, 2.45) is 0 Å². The Labute approximate surface area is 123 Å². The zero-order valence-electron chi connectivity index (χ0n) is 12.0. The molecular weight excluding hydrogens is 274 g/mol. The number of ether oxygens (including phenoxy) is 1. The van der Waals surface area contributed by atoms with E-state index in [1.54, 1.807) is 12.1 Å². The maximum Gasteiger partial charge on any atom is 0.311 e. The summed E-state index contributed by atoms with van der Waals surface area (Å²) < 4.78 is 4.96. The highest BCUT2D eigenvalue weighted by atomic mass is 16.6. The van der Waals surface area contributed by atoms with Crippen molar-refractivity contribution in [3.05, 3.63) is 33.9 Å². The van der Waals surface area contributed by atoms with E-state index in [1.165, 1.54) is 13.2 Å². The first-order valence-electron chi connectivity index (χ1n) is 6.91. The van der Waals surface area contributed by atoms with Crippen molar-refractivity contribution in [1.82, 2.24) is 10.2 Å². The van der Waals surface area contributed by atoms with Gasteiger partial charge in [-0.05, 0) is 18.1 Å². The molecule has 1 N–H and O–H groups in total. The molecule has 0 spiro atoms. The fourth-order valence-corrected chi connectivity index (χ4v) is 2.36. The van der Waals surface area contributed by atoms with Crippen molar-refractivity contribution in [1.29, 1.82) is 0 Å². The van der Waals surface area contributed by atoms with Gasteiger partial charge in [0, 0.05) is 38.7 Å². The first kappa shape index (κ1) is 15.2. The number of piperazine rings is 1. The lowest BCUT2D eigenvalue weighted by atomic mass is 10.1. The van der Waals surface area contributed by atoms with Crippen LogP contribution in [0.25, 0.3) is 0 Å². The van der Waals surface area contributed by atoms with Gasteiger partial charge in [-0.25, -0.2) is 0 Å². The first-order chi connectivity index (χ1) is 10.1. The van der Waals surface area contributed by atoms with E-state index in [-0.39, 0.29) is 17.3 Å². The Balaban J connectivity index is 1.98. The lowest BCUT2D eigenvalue weighted by Crippen LogP contribution is -2.46. The minimum absolute atomic E-state index is 0.0652. The molecule has 1 saturated heterocycles. The summed E-state index contributed by atoms with van der Waals surface area (Å²) in [5.41, 5.74) is 0.704. The number of hydrogen-bond acceptors (Lipinski definition) is 5. The van der Waals surface area contributed by atoms with Crippen LogP contribution in [-0.4, -0.2) is 49.0 Å². The topological polar surface area (TPSA) is 84.7 Å². The molecule has 1 heterocycles. The van der Waals surface area contributed by atoms with Crippen molar-refractivity contribution in [2.45, 2.75) is 12.8 Å². The second-order valence-electron chi connectivity index (χ2n) is 4.89. The average Bonchev–Trinajstić information content (AvgIpc) is 2.53. The average molecular weight is 293 g/mol. The van der Waals surface area contributed by atoms with Gasteiger partial charge in [0.15, 0.2) is 5.75 Å².